The van der Waals surface area contributed by atoms with Crippen molar-refractivity contribution in [3.8, 4) is 5.75 Å². The molecule has 2 aromatic rings. The average Bonchev–Trinajstić information content (AvgIpc) is 2.86. The zero-order chi connectivity index (χ0) is 24.6. The maximum Gasteiger partial charge on any atom is 0.213 e. The number of ketones is 1. The zero-order valence-corrected chi connectivity index (χ0v) is 20.6. The molecule has 1 saturated heterocycles. The lowest BCUT2D eigenvalue weighted by Gasteiger charge is -2.36. The van der Waals surface area contributed by atoms with Gasteiger partial charge in [0.25, 0.3) is 0 Å². The largest absolute Gasteiger partial charge is 0.494 e. The molecule has 1 fully saturated rings. The van der Waals surface area contributed by atoms with Crippen molar-refractivity contribution in [3.63, 3.8) is 0 Å². The van der Waals surface area contributed by atoms with Crippen LogP contribution in [0.5, 0.6) is 5.75 Å². The quantitative estimate of drug-likeness (QED) is 0.269. The van der Waals surface area contributed by atoms with E-state index in [2.05, 4.69) is 4.90 Å². The number of nitrogens with zero attached hydrogens (tertiary/aromatic N) is 2. The number of piperidine rings is 1. The number of halogens is 1. The third-order valence-electron chi connectivity index (χ3n) is 6.20. The van der Waals surface area contributed by atoms with Crippen LogP contribution < -0.4 is 4.74 Å². The van der Waals surface area contributed by atoms with E-state index >= 15 is 0 Å². The first-order chi connectivity index (χ1) is 16.3. The Morgan fingerprint density at radius 2 is 1.76 bits per heavy atom. The Morgan fingerprint density at radius 1 is 1.12 bits per heavy atom. The molecule has 2 aromatic carbocycles. The van der Waals surface area contributed by atoms with E-state index in [0.29, 0.717) is 17.9 Å². The van der Waals surface area contributed by atoms with E-state index in [-0.39, 0.29) is 23.4 Å². The van der Waals surface area contributed by atoms with Gasteiger partial charge in [-0.1, -0.05) is 18.2 Å². The summed E-state index contributed by atoms with van der Waals surface area (Å²) in [6.07, 6.45) is 5.70. The molecule has 0 aromatic heterocycles. The van der Waals surface area contributed by atoms with Crippen molar-refractivity contribution in [1.82, 2.24) is 9.21 Å². The zero-order valence-electron chi connectivity index (χ0n) is 19.8. The van der Waals surface area contributed by atoms with E-state index in [1.54, 1.807) is 60.8 Å². The van der Waals surface area contributed by atoms with Gasteiger partial charge in [0.15, 0.2) is 5.78 Å². The fourth-order valence-corrected chi connectivity index (χ4v) is 5.05. The summed E-state index contributed by atoms with van der Waals surface area (Å²) in [5.74, 6) is 0.417. The Balaban J connectivity index is 1.37. The number of sulfonamides is 1. The molecular formula is C26H33FN2O4S. The second kappa shape index (κ2) is 12.2. The Hall–Kier alpha value is -2.55. The SMILES string of the molecule is CCS(=O)(=O)N(C)C1CCN(CCCOc2ccc(C(=O)C=Cc3ccc(F)cc3)cc2)CC1. The molecule has 34 heavy (non-hydrogen) atoms. The molecule has 0 unspecified atom stereocenters. The molecule has 1 aliphatic heterocycles. The van der Waals surface area contributed by atoms with Crippen molar-refractivity contribution in [2.75, 3.05) is 39.0 Å². The van der Waals surface area contributed by atoms with Crippen LogP contribution in [-0.4, -0.2) is 68.5 Å². The van der Waals surface area contributed by atoms with E-state index in [1.807, 2.05) is 0 Å². The topological polar surface area (TPSA) is 66.9 Å². The summed E-state index contributed by atoms with van der Waals surface area (Å²) >= 11 is 0. The van der Waals surface area contributed by atoms with Gasteiger partial charge >= 0.3 is 0 Å². The van der Waals surface area contributed by atoms with Crippen molar-refractivity contribution >= 4 is 21.9 Å². The molecule has 0 N–H and O–H groups in total. The number of carbonyl (C=O) groups is 1. The summed E-state index contributed by atoms with van der Waals surface area (Å²) in [5.41, 5.74) is 1.32. The number of rotatable bonds is 11. The van der Waals surface area contributed by atoms with Crippen LogP contribution in [0, 0.1) is 5.82 Å². The number of ether oxygens (including phenoxy) is 1. The third-order valence-corrected chi connectivity index (χ3v) is 8.10. The lowest BCUT2D eigenvalue weighted by Crippen LogP contribution is -2.46. The highest BCUT2D eigenvalue weighted by molar-refractivity contribution is 7.89. The number of carbonyl (C=O) groups excluding carboxylic acids is 1. The van der Waals surface area contributed by atoms with Crippen molar-refractivity contribution in [1.29, 1.82) is 0 Å². The first-order valence-electron chi connectivity index (χ1n) is 11.7. The first kappa shape index (κ1) is 26.1. The Labute approximate surface area is 202 Å². The number of allylic oxidation sites excluding steroid dienone is 1. The molecule has 6 nitrogen and oxygen atoms in total. The van der Waals surface area contributed by atoms with Crippen LogP contribution in [-0.2, 0) is 10.0 Å². The van der Waals surface area contributed by atoms with Gasteiger partial charge < -0.3 is 9.64 Å². The minimum absolute atomic E-state index is 0.0872. The summed E-state index contributed by atoms with van der Waals surface area (Å²) in [5, 5.41) is 0. The van der Waals surface area contributed by atoms with Gasteiger partial charge in [-0.2, -0.15) is 0 Å². The summed E-state index contributed by atoms with van der Waals surface area (Å²) in [7, 11) is -1.45. The summed E-state index contributed by atoms with van der Waals surface area (Å²) in [6.45, 7) is 4.93. The number of hydrogen-bond acceptors (Lipinski definition) is 5. The molecule has 184 valence electrons. The normalized spacial score (nSPS) is 15.8. The lowest BCUT2D eigenvalue weighted by molar-refractivity contribution is 0.104. The van der Waals surface area contributed by atoms with Gasteiger partial charge in [0.2, 0.25) is 10.0 Å². The van der Waals surface area contributed by atoms with E-state index in [1.165, 1.54) is 18.2 Å². The summed E-state index contributed by atoms with van der Waals surface area (Å²) < 4.78 is 44.4. The van der Waals surface area contributed by atoms with Crippen molar-refractivity contribution in [2.24, 2.45) is 0 Å². The van der Waals surface area contributed by atoms with Gasteiger partial charge in [0.1, 0.15) is 11.6 Å². The van der Waals surface area contributed by atoms with Gasteiger partial charge in [0.05, 0.1) is 12.4 Å². The fraction of sp³-hybridized carbons (Fsp3) is 0.423. The number of hydrogen-bond donors (Lipinski definition) is 0. The molecule has 8 heteroatoms. The van der Waals surface area contributed by atoms with Crippen LogP contribution in [0.2, 0.25) is 0 Å². The Kier molecular flexibility index (Phi) is 9.38. The predicted octanol–water partition coefficient (Wildman–Crippen LogP) is 4.24. The van der Waals surface area contributed by atoms with Crippen molar-refractivity contribution in [2.45, 2.75) is 32.2 Å². The van der Waals surface area contributed by atoms with Crippen LogP contribution in [0.1, 0.15) is 42.1 Å². The van der Waals surface area contributed by atoms with Gasteiger partial charge in [-0.05, 0) is 87.3 Å². The van der Waals surface area contributed by atoms with E-state index in [4.69, 9.17) is 4.74 Å². The standard InChI is InChI=1S/C26H33FN2O4S/c1-3-34(31,32)28(2)24-15-18-29(19-16-24)17-4-20-33-25-12-8-22(9-13-25)26(30)14-7-21-5-10-23(27)11-6-21/h5-14,24H,3-4,15-20H2,1-2H3. The third kappa shape index (κ3) is 7.48. The minimum atomic E-state index is -3.14. The number of benzene rings is 2. The van der Waals surface area contributed by atoms with Crippen LogP contribution in [0.25, 0.3) is 6.08 Å². The van der Waals surface area contributed by atoms with E-state index in [9.17, 15) is 17.6 Å². The molecule has 0 amide bonds. The molecule has 0 bridgehead atoms. The monoisotopic (exact) mass is 488 g/mol. The maximum atomic E-state index is 13.0. The molecule has 1 heterocycles. The molecule has 0 radical (unpaired) electrons. The van der Waals surface area contributed by atoms with Gasteiger partial charge in [-0.3, -0.25) is 4.79 Å². The Bertz CT molecular complexity index is 1060. The smallest absolute Gasteiger partial charge is 0.213 e. The van der Waals surface area contributed by atoms with Gasteiger partial charge in [0, 0.05) is 25.2 Å². The summed E-state index contributed by atoms with van der Waals surface area (Å²) in [4.78, 5) is 14.7. The molecule has 0 atom stereocenters. The van der Waals surface area contributed by atoms with Crippen molar-refractivity contribution < 1.29 is 22.3 Å². The van der Waals surface area contributed by atoms with Crippen molar-refractivity contribution in [3.05, 3.63) is 71.6 Å². The highest BCUT2D eigenvalue weighted by atomic mass is 32.2. The lowest BCUT2D eigenvalue weighted by atomic mass is 10.1. The maximum absolute atomic E-state index is 13.0. The average molecular weight is 489 g/mol. The molecule has 0 aliphatic carbocycles. The van der Waals surface area contributed by atoms with Crippen LogP contribution in [0.15, 0.2) is 54.6 Å². The molecule has 3 rings (SSSR count). The fourth-order valence-electron chi connectivity index (χ4n) is 3.97. The predicted molar refractivity (Wildman–Crippen MR) is 133 cm³/mol. The van der Waals surface area contributed by atoms with Gasteiger partial charge in [-0.15, -0.1) is 0 Å². The van der Waals surface area contributed by atoms with Crippen LogP contribution in [0.3, 0.4) is 0 Å². The van der Waals surface area contributed by atoms with E-state index in [0.717, 1.165) is 44.5 Å². The summed E-state index contributed by atoms with van der Waals surface area (Å²) in [6, 6.07) is 13.1. The highest BCUT2D eigenvalue weighted by Crippen LogP contribution is 2.19. The Morgan fingerprint density at radius 3 is 2.38 bits per heavy atom. The molecule has 0 saturated carbocycles. The second-order valence-electron chi connectivity index (χ2n) is 8.47. The minimum Gasteiger partial charge on any atom is -0.494 e. The first-order valence-corrected chi connectivity index (χ1v) is 13.3. The van der Waals surface area contributed by atoms with Crippen LogP contribution >= 0.6 is 0 Å². The molecular weight excluding hydrogens is 455 g/mol. The molecule has 0 spiro atoms. The molecule has 1 aliphatic rings. The van der Waals surface area contributed by atoms with E-state index < -0.39 is 10.0 Å². The van der Waals surface area contributed by atoms with Gasteiger partial charge in [-0.25, -0.2) is 17.1 Å². The second-order valence-corrected chi connectivity index (χ2v) is 10.8. The number of likely N-dealkylation sites (tertiary alicyclic amines) is 1. The van der Waals surface area contributed by atoms with Crippen LogP contribution in [0.4, 0.5) is 4.39 Å². The highest BCUT2D eigenvalue weighted by Gasteiger charge is 2.28.